The number of methoxy groups -OCH3 is 1. The van der Waals surface area contributed by atoms with E-state index in [2.05, 4.69) is 10.3 Å². The fourth-order valence-electron chi connectivity index (χ4n) is 2.51. The zero-order chi connectivity index (χ0) is 16.2. The summed E-state index contributed by atoms with van der Waals surface area (Å²) in [5.74, 6) is 0.486. The van der Waals surface area contributed by atoms with Gasteiger partial charge in [0, 0.05) is 12.1 Å². The van der Waals surface area contributed by atoms with Crippen molar-refractivity contribution in [3.8, 4) is 5.75 Å². The van der Waals surface area contributed by atoms with Crippen LogP contribution < -0.4 is 15.7 Å². The van der Waals surface area contributed by atoms with Crippen molar-refractivity contribution in [3.63, 3.8) is 0 Å². The van der Waals surface area contributed by atoms with Crippen molar-refractivity contribution in [1.29, 1.82) is 0 Å². The van der Waals surface area contributed by atoms with E-state index in [4.69, 9.17) is 4.74 Å². The molecule has 0 aliphatic heterocycles. The molecule has 0 unspecified atom stereocenters. The van der Waals surface area contributed by atoms with E-state index in [1.807, 2.05) is 36.4 Å². The fourth-order valence-corrected chi connectivity index (χ4v) is 2.51. The summed E-state index contributed by atoms with van der Waals surface area (Å²) in [5, 5.41) is 2.81. The summed E-state index contributed by atoms with van der Waals surface area (Å²) in [4.78, 5) is 26.8. The Balaban J connectivity index is 1.72. The number of nitrogens with one attached hydrogen (secondary N) is 2. The van der Waals surface area contributed by atoms with E-state index in [1.165, 1.54) is 4.57 Å². The zero-order valence-corrected chi connectivity index (χ0v) is 12.7. The average molecular weight is 311 g/mol. The molecule has 1 amide bonds. The highest BCUT2D eigenvalue weighted by molar-refractivity contribution is 5.80. The molecule has 0 spiro atoms. The Bertz CT molecular complexity index is 895. The summed E-state index contributed by atoms with van der Waals surface area (Å²) >= 11 is 0. The maximum Gasteiger partial charge on any atom is 0.326 e. The Morgan fingerprint density at radius 2 is 1.91 bits per heavy atom. The summed E-state index contributed by atoms with van der Waals surface area (Å²) in [6, 6.07) is 14.8. The number of fused-ring (bicyclic) bond motifs is 1. The van der Waals surface area contributed by atoms with Gasteiger partial charge in [0.2, 0.25) is 5.91 Å². The summed E-state index contributed by atoms with van der Waals surface area (Å²) in [5.41, 5.74) is 2.02. The minimum absolute atomic E-state index is 0.0298. The first-order chi connectivity index (χ1) is 11.2. The topological polar surface area (TPSA) is 76.1 Å². The number of aromatic amines is 1. The smallest absolute Gasteiger partial charge is 0.326 e. The first-order valence-corrected chi connectivity index (χ1v) is 7.25. The Kier molecular flexibility index (Phi) is 4.14. The molecule has 3 rings (SSSR count). The highest BCUT2D eigenvalue weighted by Gasteiger charge is 2.10. The molecule has 118 valence electrons. The van der Waals surface area contributed by atoms with Crippen LogP contribution in [0.15, 0.2) is 53.3 Å². The molecule has 6 heteroatoms. The Hall–Kier alpha value is -3.02. The molecule has 0 saturated heterocycles. The SMILES string of the molecule is COc1ccccc1CNC(=O)Cn1c(=O)[nH]c2ccccc21. The van der Waals surface area contributed by atoms with E-state index in [0.717, 1.165) is 16.8 Å². The number of carbonyl (C=O) groups excluding carboxylic acids is 1. The number of carbonyl (C=O) groups is 1. The van der Waals surface area contributed by atoms with E-state index < -0.39 is 0 Å². The molecule has 2 N–H and O–H groups in total. The van der Waals surface area contributed by atoms with Crippen LogP contribution in [0.5, 0.6) is 5.75 Å². The predicted octanol–water partition coefficient (Wildman–Crippen LogP) is 1.65. The van der Waals surface area contributed by atoms with Crippen molar-refractivity contribution in [2.75, 3.05) is 7.11 Å². The van der Waals surface area contributed by atoms with Crippen LogP contribution in [0.1, 0.15) is 5.56 Å². The largest absolute Gasteiger partial charge is 0.496 e. The molecule has 0 fully saturated rings. The van der Waals surface area contributed by atoms with E-state index in [-0.39, 0.29) is 18.1 Å². The number of imidazole rings is 1. The lowest BCUT2D eigenvalue weighted by Crippen LogP contribution is -2.31. The van der Waals surface area contributed by atoms with Gasteiger partial charge in [0.05, 0.1) is 18.1 Å². The van der Waals surface area contributed by atoms with Gasteiger partial charge in [-0.3, -0.25) is 9.36 Å². The van der Waals surface area contributed by atoms with Gasteiger partial charge in [-0.05, 0) is 18.2 Å². The second-order valence-electron chi connectivity index (χ2n) is 5.12. The summed E-state index contributed by atoms with van der Waals surface area (Å²) in [7, 11) is 1.59. The van der Waals surface area contributed by atoms with Crippen molar-refractivity contribution in [1.82, 2.24) is 14.9 Å². The number of para-hydroxylation sites is 3. The Morgan fingerprint density at radius 3 is 2.74 bits per heavy atom. The molecule has 23 heavy (non-hydrogen) atoms. The van der Waals surface area contributed by atoms with E-state index in [9.17, 15) is 9.59 Å². The van der Waals surface area contributed by atoms with Gasteiger partial charge in [-0.15, -0.1) is 0 Å². The summed E-state index contributed by atoms with van der Waals surface area (Å²) in [6.07, 6.45) is 0. The Labute approximate surface area is 132 Å². The molecule has 1 aromatic heterocycles. The van der Waals surface area contributed by atoms with Gasteiger partial charge in [0.15, 0.2) is 0 Å². The maximum atomic E-state index is 12.2. The van der Waals surface area contributed by atoms with Crippen LogP contribution in [-0.2, 0) is 17.9 Å². The molecule has 3 aromatic rings. The minimum Gasteiger partial charge on any atom is -0.496 e. The molecule has 0 aliphatic carbocycles. The highest BCUT2D eigenvalue weighted by atomic mass is 16.5. The minimum atomic E-state index is -0.293. The van der Waals surface area contributed by atoms with Gasteiger partial charge in [-0.1, -0.05) is 30.3 Å². The third-order valence-electron chi connectivity index (χ3n) is 3.65. The molecule has 1 heterocycles. The first kappa shape index (κ1) is 14.9. The normalized spacial score (nSPS) is 10.7. The standard InChI is InChI=1S/C17H17N3O3/c1-23-15-9-5-2-6-12(15)10-18-16(21)11-20-14-8-4-3-7-13(14)19-17(20)22/h2-9H,10-11H2,1H3,(H,18,21)(H,19,22). The second-order valence-corrected chi connectivity index (χ2v) is 5.12. The monoisotopic (exact) mass is 311 g/mol. The summed E-state index contributed by atoms with van der Waals surface area (Å²) in [6.45, 7) is 0.317. The van der Waals surface area contributed by atoms with Crippen LogP contribution in [0, 0.1) is 0 Å². The van der Waals surface area contributed by atoms with Gasteiger partial charge in [-0.2, -0.15) is 0 Å². The molecular formula is C17H17N3O3. The van der Waals surface area contributed by atoms with Gasteiger partial charge in [-0.25, -0.2) is 4.79 Å². The number of rotatable bonds is 5. The van der Waals surface area contributed by atoms with Crippen molar-refractivity contribution in [2.45, 2.75) is 13.1 Å². The molecular weight excluding hydrogens is 294 g/mol. The quantitative estimate of drug-likeness (QED) is 0.752. The van der Waals surface area contributed by atoms with Gasteiger partial charge in [0.1, 0.15) is 12.3 Å². The van der Waals surface area contributed by atoms with Gasteiger partial charge < -0.3 is 15.0 Å². The van der Waals surface area contributed by atoms with Crippen molar-refractivity contribution in [3.05, 3.63) is 64.6 Å². The predicted molar refractivity (Wildman–Crippen MR) is 87.4 cm³/mol. The Morgan fingerprint density at radius 1 is 1.17 bits per heavy atom. The van der Waals surface area contributed by atoms with Crippen molar-refractivity contribution in [2.24, 2.45) is 0 Å². The van der Waals surface area contributed by atoms with E-state index >= 15 is 0 Å². The fraction of sp³-hybridized carbons (Fsp3) is 0.176. The van der Waals surface area contributed by atoms with Crippen LogP contribution in [0.25, 0.3) is 11.0 Å². The number of ether oxygens (including phenoxy) is 1. The number of hydrogen-bond donors (Lipinski definition) is 2. The first-order valence-electron chi connectivity index (χ1n) is 7.25. The molecule has 0 radical (unpaired) electrons. The van der Waals surface area contributed by atoms with Crippen molar-refractivity contribution < 1.29 is 9.53 Å². The number of H-pyrrole nitrogens is 1. The van der Waals surface area contributed by atoms with Crippen molar-refractivity contribution >= 4 is 16.9 Å². The lowest BCUT2D eigenvalue weighted by molar-refractivity contribution is -0.121. The highest BCUT2D eigenvalue weighted by Crippen LogP contribution is 2.16. The third-order valence-corrected chi connectivity index (χ3v) is 3.65. The number of hydrogen-bond acceptors (Lipinski definition) is 3. The van der Waals surface area contributed by atoms with Crippen LogP contribution in [0.3, 0.4) is 0 Å². The average Bonchev–Trinajstić information content (AvgIpc) is 2.89. The molecule has 0 bridgehead atoms. The van der Waals surface area contributed by atoms with Crippen LogP contribution in [0.4, 0.5) is 0 Å². The van der Waals surface area contributed by atoms with E-state index in [1.54, 1.807) is 19.2 Å². The molecule has 0 aliphatic rings. The maximum absolute atomic E-state index is 12.2. The molecule has 2 aromatic carbocycles. The van der Waals surface area contributed by atoms with Crippen LogP contribution >= 0.6 is 0 Å². The zero-order valence-electron chi connectivity index (χ0n) is 12.7. The number of amides is 1. The van der Waals surface area contributed by atoms with Gasteiger partial charge in [0.25, 0.3) is 0 Å². The van der Waals surface area contributed by atoms with Gasteiger partial charge >= 0.3 is 5.69 Å². The lowest BCUT2D eigenvalue weighted by atomic mass is 10.2. The van der Waals surface area contributed by atoms with Crippen LogP contribution in [-0.4, -0.2) is 22.6 Å². The number of benzene rings is 2. The second kappa shape index (κ2) is 6.39. The molecule has 0 saturated carbocycles. The third kappa shape index (κ3) is 3.11. The number of aromatic nitrogens is 2. The van der Waals surface area contributed by atoms with E-state index in [0.29, 0.717) is 12.1 Å². The number of nitrogens with zero attached hydrogens (tertiary/aromatic N) is 1. The molecule has 0 atom stereocenters. The summed E-state index contributed by atoms with van der Waals surface area (Å²) < 4.78 is 6.67. The molecule has 6 nitrogen and oxygen atoms in total. The van der Waals surface area contributed by atoms with Crippen LogP contribution in [0.2, 0.25) is 0 Å². The lowest BCUT2D eigenvalue weighted by Gasteiger charge is -2.10.